The molecule has 0 aliphatic rings. The number of esters is 1. The molecule has 1 aromatic carbocycles. The van der Waals surface area contributed by atoms with E-state index in [2.05, 4.69) is 25.7 Å². The number of hydrogen-bond acceptors (Lipinski definition) is 8. The van der Waals surface area contributed by atoms with Crippen LogP contribution >= 0.6 is 12.4 Å². The number of carboxylic acids is 1. The molecule has 0 fully saturated rings. The quantitative estimate of drug-likeness (QED) is 0.162. The molecule has 2 aromatic rings. The van der Waals surface area contributed by atoms with Gasteiger partial charge in [-0.15, -0.1) is 25.6 Å². The Hall–Kier alpha value is -4.05. The topological polar surface area (TPSA) is 187 Å². The summed E-state index contributed by atoms with van der Waals surface area (Å²) in [6.45, 7) is 2.09. The molecule has 0 unspecified atom stereocenters. The molecular weight excluding hydrogens is 565 g/mol. The van der Waals surface area contributed by atoms with E-state index in [1.54, 1.807) is 0 Å². The van der Waals surface area contributed by atoms with Gasteiger partial charge >= 0.3 is 24.3 Å². The summed E-state index contributed by atoms with van der Waals surface area (Å²) in [5.74, 6) is -2.92. The average molecular weight is 595 g/mol. The highest BCUT2D eigenvalue weighted by atomic mass is 35.5. The van der Waals surface area contributed by atoms with Crippen LogP contribution in [0.1, 0.15) is 43.2 Å². The first kappa shape index (κ1) is 34.0. The number of nitrogens with one attached hydrogen (secondary N) is 3. The number of nitrogens with zero attached hydrogens (tertiary/aromatic N) is 2. The summed E-state index contributed by atoms with van der Waals surface area (Å²) in [4.78, 5) is 51.5. The summed E-state index contributed by atoms with van der Waals surface area (Å²) in [6.07, 6.45) is -2.24. The monoisotopic (exact) mass is 594 g/mol. The molecule has 1 aromatic heterocycles. The van der Waals surface area contributed by atoms with E-state index in [-0.39, 0.29) is 55.7 Å². The standard InChI is InChI=1S/C23H29F3N6O7.ClH/c1-2-3-11-32-13-17(31-22(37)29-14-4-6-15(7-5-14)39-23(24,25)26)30-19(32)20(35)28-10-12-38-21(36)16(27)8-9-18(33)34;/h4-7,13,16H,2-3,8-12,27H2,1H3,(H,28,35)(H,33,34)(H2,29,31,37);1H/t16-;/m1./s1. The number of carbonyl (C=O) groups excluding carboxylic acids is 3. The predicted octanol–water partition coefficient (Wildman–Crippen LogP) is 3.11. The normalized spacial score (nSPS) is 11.5. The molecule has 0 saturated heterocycles. The Morgan fingerprint density at radius 2 is 1.82 bits per heavy atom. The largest absolute Gasteiger partial charge is 0.573 e. The summed E-state index contributed by atoms with van der Waals surface area (Å²) in [6, 6.07) is 2.64. The SMILES string of the molecule is CCCCn1cc(NC(=O)Nc2ccc(OC(F)(F)F)cc2)nc1C(=O)NCCOC(=O)[C@H](N)CCC(=O)O.Cl. The van der Waals surface area contributed by atoms with Crippen molar-refractivity contribution in [2.24, 2.45) is 5.73 Å². The number of aryl methyl sites for hydroxylation is 1. The number of amides is 3. The van der Waals surface area contributed by atoms with E-state index in [4.69, 9.17) is 15.6 Å². The smallest absolute Gasteiger partial charge is 0.481 e. The van der Waals surface area contributed by atoms with Crippen LogP contribution in [0.25, 0.3) is 0 Å². The number of alkyl halides is 3. The molecule has 0 radical (unpaired) electrons. The maximum absolute atomic E-state index is 12.7. The van der Waals surface area contributed by atoms with E-state index in [0.717, 1.165) is 18.6 Å². The number of unbranched alkanes of at least 4 members (excludes halogenated alkanes) is 1. The van der Waals surface area contributed by atoms with Gasteiger partial charge in [-0.2, -0.15) is 0 Å². The van der Waals surface area contributed by atoms with Crippen molar-refractivity contribution in [3.05, 3.63) is 36.3 Å². The second kappa shape index (κ2) is 16.1. The molecule has 1 atom stereocenters. The number of urea groups is 1. The van der Waals surface area contributed by atoms with E-state index < -0.39 is 42.0 Å². The van der Waals surface area contributed by atoms with Gasteiger partial charge in [0.05, 0.1) is 6.54 Å². The number of carbonyl (C=O) groups is 4. The van der Waals surface area contributed by atoms with Gasteiger partial charge in [0.15, 0.2) is 5.82 Å². The zero-order chi connectivity index (χ0) is 29.0. The molecule has 0 bridgehead atoms. The molecule has 0 saturated carbocycles. The number of aromatic nitrogens is 2. The summed E-state index contributed by atoms with van der Waals surface area (Å²) in [5.41, 5.74) is 5.74. The molecule has 17 heteroatoms. The Morgan fingerprint density at radius 3 is 2.42 bits per heavy atom. The number of hydrogen-bond donors (Lipinski definition) is 5. The molecule has 6 N–H and O–H groups in total. The van der Waals surface area contributed by atoms with Gasteiger partial charge in [0, 0.05) is 24.8 Å². The number of aliphatic carboxylic acids is 1. The highest BCUT2D eigenvalue weighted by molar-refractivity contribution is 5.99. The molecule has 0 spiro atoms. The average Bonchev–Trinajstić information content (AvgIpc) is 3.26. The van der Waals surface area contributed by atoms with Crippen molar-refractivity contribution in [3.63, 3.8) is 0 Å². The van der Waals surface area contributed by atoms with Crippen molar-refractivity contribution in [3.8, 4) is 5.75 Å². The van der Waals surface area contributed by atoms with Gasteiger partial charge in [-0.3, -0.25) is 19.7 Å². The van der Waals surface area contributed by atoms with Gasteiger partial charge in [0.2, 0.25) is 5.82 Å². The first-order valence-corrected chi connectivity index (χ1v) is 11.8. The maximum atomic E-state index is 12.7. The Balaban J connectivity index is 0.00000800. The van der Waals surface area contributed by atoms with Crippen LogP contribution in [-0.4, -0.2) is 64.1 Å². The lowest BCUT2D eigenvalue weighted by atomic mass is 10.2. The lowest BCUT2D eigenvalue weighted by Gasteiger charge is -2.11. The fourth-order valence-corrected chi connectivity index (χ4v) is 3.07. The first-order valence-electron chi connectivity index (χ1n) is 11.8. The van der Waals surface area contributed by atoms with Crippen LogP contribution in [0.5, 0.6) is 5.75 Å². The molecule has 2 rings (SSSR count). The number of rotatable bonds is 14. The summed E-state index contributed by atoms with van der Waals surface area (Å²) < 4.78 is 47.1. The summed E-state index contributed by atoms with van der Waals surface area (Å²) in [7, 11) is 0. The van der Waals surface area contributed by atoms with Crippen LogP contribution in [0.2, 0.25) is 0 Å². The zero-order valence-corrected chi connectivity index (χ0v) is 22.1. The van der Waals surface area contributed by atoms with Crippen molar-refractivity contribution in [2.45, 2.75) is 51.6 Å². The molecule has 222 valence electrons. The van der Waals surface area contributed by atoms with E-state index in [1.807, 2.05) is 6.92 Å². The third kappa shape index (κ3) is 12.2. The number of ether oxygens (including phenoxy) is 2. The molecule has 3 amide bonds. The Labute approximate surface area is 233 Å². The van der Waals surface area contributed by atoms with Gasteiger partial charge in [-0.05, 0) is 37.1 Å². The molecule has 40 heavy (non-hydrogen) atoms. The van der Waals surface area contributed by atoms with Gasteiger partial charge in [0.1, 0.15) is 18.4 Å². The number of imidazole rings is 1. The molecule has 13 nitrogen and oxygen atoms in total. The van der Waals surface area contributed by atoms with Crippen LogP contribution in [0.4, 0.5) is 29.5 Å². The van der Waals surface area contributed by atoms with E-state index in [9.17, 15) is 32.3 Å². The third-order valence-corrected chi connectivity index (χ3v) is 4.92. The minimum absolute atomic E-state index is 0. The van der Waals surface area contributed by atoms with Gasteiger partial charge in [-0.25, -0.2) is 9.78 Å². The number of halogens is 4. The van der Waals surface area contributed by atoms with Crippen molar-refractivity contribution in [1.29, 1.82) is 0 Å². The molecular formula is C23H30ClF3N6O7. The van der Waals surface area contributed by atoms with E-state index in [0.29, 0.717) is 13.0 Å². The number of anilines is 2. The zero-order valence-electron chi connectivity index (χ0n) is 21.3. The maximum Gasteiger partial charge on any atom is 0.573 e. The van der Waals surface area contributed by atoms with Crippen molar-refractivity contribution in [2.75, 3.05) is 23.8 Å². The summed E-state index contributed by atoms with van der Waals surface area (Å²) >= 11 is 0. The number of benzene rings is 1. The summed E-state index contributed by atoms with van der Waals surface area (Å²) in [5, 5.41) is 16.1. The lowest BCUT2D eigenvalue weighted by molar-refractivity contribution is -0.274. The minimum atomic E-state index is -4.84. The van der Waals surface area contributed by atoms with E-state index in [1.165, 1.54) is 22.9 Å². The minimum Gasteiger partial charge on any atom is -0.481 e. The van der Waals surface area contributed by atoms with Crippen LogP contribution in [0.3, 0.4) is 0 Å². The van der Waals surface area contributed by atoms with Gasteiger partial charge in [-0.1, -0.05) is 13.3 Å². The van der Waals surface area contributed by atoms with Crippen LogP contribution in [0, 0.1) is 0 Å². The lowest BCUT2D eigenvalue weighted by Crippen LogP contribution is -2.35. The fourth-order valence-electron chi connectivity index (χ4n) is 3.07. The second-order valence-electron chi connectivity index (χ2n) is 8.11. The van der Waals surface area contributed by atoms with Crippen molar-refractivity contribution < 1.29 is 46.9 Å². The van der Waals surface area contributed by atoms with Crippen LogP contribution in [0.15, 0.2) is 30.5 Å². The Kier molecular flexibility index (Phi) is 13.7. The number of nitrogens with two attached hydrogens (primary N) is 1. The van der Waals surface area contributed by atoms with E-state index >= 15 is 0 Å². The Morgan fingerprint density at radius 1 is 1.15 bits per heavy atom. The van der Waals surface area contributed by atoms with Gasteiger partial charge in [0.25, 0.3) is 5.91 Å². The highest BCUT2D eigenvalue weighted by Crippen LogP contribution is 2.24. The predicted molar refractivity (Wildman–Crippen MR) is 138 cm³/mol. The Bertz CT molecular complexity index is 1140. The first-order chi connectivity index (χ1) is 18.4. The van der Waals surface area contributed by atoms with Gasteiger partial charge < -0.3 is 35.5 Å². The molecule has 0 aliphatic heterocycles. The van der Waals surface area contributed by atoms with Crippen LogP contribution < -0.4 is 26.4 Å². The molecule has 1 heterocycles. The molecule has 0 aliphatic carbocycles. The highest BCUT2D eigenvalue weighted by Gasteiger charge is 2.31. The van der Waals surface area contributed by atoms with Crippen molar-refractivity contribution in [1.82, 2.24) is 14.9 Å². The third-order valence-electron chi connectivity index (χ3n) is 4.92. The fraction of sp³-hybridized carbons (Fsp3) is 0.435. The van der Waals surface area contributed by atoms with Crippen molar-refractivity contribution >= 4 is 47.8 Å². The second-order valence-corrected chi connectivity index (χ2v) is 8.11. The van der Waals surface area contributed by atoms with Crippen LogP contribution in [-0.2, 0) is 20.9 Å². The number of carboxylic acid groups (broad SMARTS) is 1.